The summed E-state index contributed by atoms with van der Waals surface area (Å²) in [5.41, 5.74) is 0.399. The van der Waals surface area contributed by atoms with Crippen molar-refractivity contribution in [2.45, 2.75) is 6.92 Å². The minimum absolute atomic E-state index is 0.0892. The number of nitrogens with zero attached hydrogens (tertiary/aromatic N) is 2. The molecule has 3 rings (SSSR count). The highest BCUT2D eigenvalue weighted by Gasteiger charge is 2.26. The van der Waals surface area contributed by atoms with Crippen LogP contribution in [-0.2, 0) is 4.79 Å². The molecular formula is C13H13N3O3S. The Balaban J connectivity index is 1.86. The van der Waals surface area contributed by atoms with Crippen LogP contribution in [0, 0.1) is 6.92 Å². The van der Waals surface area contributed by atoms with Gasteiger partial charge in [-0.3, -0.25) is 9.59 Å². The number of aryl methyl sites for hydroxylation is 1. The molecular weight excluding hydrogens is 278 g/mol. The van der Waals surface area contributed by atoms with E-state index < -0.39 is 0 Å². The van der Waals surface area contributed by atoms with Gasteiger partial charge in [0.1, 0.15) is 5.69 Å². The van der Waals surface area contributed by atoms with Crippen LogP contribution in [0.15, 0.2) is 22.8 Å². The fraction of sp³-hybridized carbons (Fsp3) is 0.308. The molecule has 0 saturated carbocycles. The molecule has 0 aromatic carbocycles. The first-order valence-electron chi connectivity index (χ1n) is 6.22. The van der Waals surface area contributed by atoms with Crippen molar-refractivity contribution < 1.29 is 14.0 Å². The molecule has 1 fully saturated rings. The summed E-state index contributed by atoms with van der Waals surface area (Å²) < 4.78 is 5.29. The van der Waals surface area contributed by atoms with Crippen LogP contribution < -0.4 is 5.32 Å². The Bertz CT molecular complexity index is 648. The highest BCUT2D eigenvalue weighted by atomic mass is 32.1. The smallest absolute Gasteiger partial charge is 0.274 e. The van der Waals surface area contributed by atoms with Crippen LogP contribution in [0.5, 0.6) is 0 Å². The molecule has 0 bridgehead atoms. The Labute approximate surface area is 119 Å². The minimum Gasteiger partial charge on any atom is -0.462 e. The van der Waals surface area contributed by atoms with Gasteiger partial charge in [-0.1, -0.05) is 0 Å². The third-order valence-corrected chi connectivity index (χ3v) is 4.04. The van der Waals surface area contributed by atoms with Gasteiger partial charge < -0.3 is 14.6 Å². The summed E-state index contributed by atoms with van der Waals surface area (Å²) in [5.74, 6) is 0.309. The number of hydrogen-bond acceptors (Lipinski definition) is 5. The van der Waals surface area contributed by atoms with Gasteiger partial charge in [-0.25, -0.2) is 4.98 Å². The second-order valence-electron chi connectivity index (χ2n) is 4.48. The number of nitrogens with one attached hydrogen (secondary N) is 1. The van der Waals surface area contributed by atoms with E-state index in [1.807, 2.05) is 6.92 Å². The summed E-state index contributed by atoms with van der Waals surface area (Å²) in [6, 6.07) is 3.59. The van der Waals surface area contributed by atoms with Crippen LogP contribution in [0.4, 0.5) is 0 Å². The second kappa shape index (κ2) is 5.09. The van der Waals surface area contributed by atoms with Crippen molar-refractivity contribution in [1.29, 1.82) is 0 Å². The molecule has 1 saturated heterocycles. The number of rotatable bonds is 2. The molecule has 2 aromatic heterocycles. The maximum atomic E-state index is 12.4. The first kappa shape index (κ1) is 12.9. The molecule has 0 atom stereocenters. The Morgan fingerprint density at radius 3 is 3.10 bits per heavy atom. The number of aromatic nitrogens is 1. The Morgan fingerprint density at radius 2 is 2.40 bits per heavy atom. The van der Waals surface area contributed by atoms with Gasteiger partial charge in [-0.2, -0.15) is 0 Å². The van der Waals surface area contributed by atoms with Crippen LogP contribution in [0.2, 0.25) is 0 Å². The number of hydrogen-bond donors (Lipinski definition) is 1. The molecule has 1 aliphatic heterocycles. The molecule has 0 spiro atoms. The highest BCUT2D eigenvalue weighted by Crippen LogP contribution is 2.28. The van der Waals surface area contributed by atoms with Gasteiger partial charge in [0, 0.05) is 18.0 Å². The van der Waals surface area contributed by atoms with E-state index in [-0.39, 0.29) is 18.4 Å². The maximum absolute atomic E-state index is 12.4. The van der Waals surface area contributed by atoms with Crippen LogP contribution in [0.3, 0.4) is 0 Å². The van der Waals surface area contributed by atoms with Gasteiger partial charge >= 0.3 is 0 Å². The number of amides is 2. The van der Waals surface area contributed by atoms with Gasteiger partial charge in [0.2, 0.25) is 5.91 Å². The quantitative estimate of drug-likeness (QED) is 0.904. The lowest BCUT2D eigenvalue weighted by molar-refractivity contribution is -0.123. The SMILES string of the molecule is Cc1sc(-c2ccco2)nc1C(=O)N1CCNC(=O)C1. The summed E-state index contributed by atoms with van der Waals surface area (Å²) in [6.45, 7) is 2.93. The van der Waals surface area contributed by atoms with Crippen LogP contribution in [0.1, 0.15) is 15.4 Å². The number of carbonyl (C=O) groups excluding carboxylic acids is 2. The van der Waals surface area contributed by atoms with Crippen molar-refractivity contribution in [1.82, 2.24) is 15.2 Å². The van der Waals surface area contributed by atoms with Gasteiger partial charge in [-0.15, -0.1) is 11.3 Å². The molecule has 0 radical (unpaired) electrons. The van der Waals surface area contributed by atoms with Crippen molar-refractivity contribution >= 4 is 23.2 Å². The van der Waals surface area contributed by atoms with Gasteiger partial charge in [0.15, 0.2) is 10.8 Å². The van der Waals surface area contributed by atoms with E-state index in [1.165, 1.54) is 16.2 Å². The fourth-order valence-corrected chi connectivity index (χ4v) is 2.94. The summed E-state index contributed by atoms with van der Waals surface area (Å²) in [4.78, 5) is 30.5. The second-order valence-corrected chi connectivity index (χ2v) is 5.68. The Kier molecular flexibility index (Phi) is 3.27. The normalized spacial score (nSPS) is 15.2. The largest absolute Gasteiger partial charge is 0.462 e. The van der Waals surface area contributed by atoms with E-state index in [2.05, 4.69) is 10.3 Å². The van der Waals surface area contributed by atoms with Crippen LogP contribution in [0.25, 0.3) is 10.8 Å². The van der Waals surface area contributed by atoms with Crippen molar-refractivity contribution in [3.8, 4) is 10.8 Å². The van der Waals surface area contributed by atoms with E-state index >= 15 is 0 Å². The molecule has 20 heavy (non-hydrogen) atoms. The Morgan fingerprint density at radius 1 is 1.55 bits per heavy atom. The first-order valence-corrected chi connectivity index (χ1v) is 7.04. The molecule has 3 heterocycles. The highest BCUT2D eigenvalue weighted by molar-refractivity contribution is 7.15. The molecule has 1 N–H and O–H groups in total. The summed E-state index contributed by atoms with van der Waals surface area (Å²) >= 11 is 1.41. The maximum Gasteiger partial charge on any atom is 0.274 e. The van der Waals surface area contributed by atoms with E-state index in [9.17, 15) is 9.59 Å². The number of piperazine rings is 1. The van der Waals surface area contributed by atoms with Crippen molar-refractivity contribution in [2.24, 2.45) is 0 Å². The zero-order valence-corrected chi connectivity index (χ0v) is 11.7. The minimum atomic E-state index is -0.202. The van der Waals surface area contributed by atoms with Crippen LogP contribution >= 0.6 is 11.3 Å². The van der Waals surface area contributed by atoms with E-state index in [4.69, 9.17) is 4.42 Å². The monoisotopic (exact) mass is 291 g/mol. The summed E-state index contributed by atoms with van der Waals surface area (Å²) in [6.07, 6.45) is 1.57. The predicted molar refractivity (Wildman–Crippen MR) is 73.5 cm³/mol. The molecule has 1 aliphatic rings. The van der Waals surface area contributed by atoms with Crippen molar-refractivity contribution in [2.75, 3.05) is 19.6 Å². The summed E-state index contributed by atoms with van der Waals surface area (Å²) in [5, 5.41) is 3.37. The van der Waals surface area contributed by atoms with Crippen molar-refractivity contribution in [3.05, 3.63) is 29.0 Å². The molecule has 6 nitrogen and oxygen atoms in total. The van der Waals surface area contributed by atoms with E-state index in [0.717, 1.165) is 4.88 Å². The summed E-state index contributed by atoms with van der Waals surface area (Å²) in [7, 11) is 0. The van der Waals surface area contributed by atoms with Gasteiger partial charge in [0.25, 0.3) is 5.91 Å². The standard InChI is InChI=1S/C13H13N3O3S/c1-8-11(13(18)16-5-4-14-10(17)7-16)15-12(20-8)9-3-2-6-19-9/h2-3,6H,4-5,7H2,1H3,(H,14,17). The molecule has 2 aromatic rings. The lowest BCUT2D eigenvalue weighted by Gasteiger charge is -2.26. The zero-order valence-electron chi connectivity index (χ0n) is 10.9. The molecule has 2 amide bonds. The lowest BCUT2D eigenvalue weighted by Crippen LogP contribution is -2.50. The van der Waals surface area contributed by atoms with Gasteiger partial charge in [0.05, 0.1) is 12.8 Å². The average Bonchev–Trinajstić information content (AvgIpc) is 3.07. The number of thiazole rings is 1. The van der Waals surface area contributed by atoms with Crippen LogP contribution in [-0.4, -0.2) is 41.3 Å². The number of furan rings is 1. The molecule has 0 aliphatic carbocycles. The Hall–Kier alpha value is -2.15. The lowest BCUT2D eigenvalue weighted by atomic mass is 10.3. The average molecular weight is 291 g/mol. The third-order valence-electron chi connectivity index (χ3n) is 3.06. The number of carbonyl (C=O) groups is 2. The van der Waals surface area contributed by atoms with Crippen molar-refractivity contribution in [3.63, 3.8) is 0 Å². The van der Waals surface area contributed by atoms with E-state index in [0.29, 0.717) is 29.6 Å². The molecule has 7 heteroatoms. The zero-order chi connectivity index (χ0) is 14.1. The topological polar surface area (TPSA) is 75.4 Å². The first-order chi connectivity index (χ1) is 9.65. The molecule has 104 valence electrons. The van der Waals surface area contributed by atoms with E-state index in [1.54, 1.807) is 18.4 Å². The fourth-order valence-electron chi connectivity index (χ4n) is 2.06. The predicted octanol–water partition coefficient (Wildman–Crippen LogP) is 1.28. The third kappa shape index (κ3) is 2.32. The van der Waals surface area contributed by atoms with Gasteiger partial charge in [-0.05, 0) is 19.1 Å². The molecule has 0 unspecified atom stereocenters.